The highest BCUT2D eigenvalue weighted by atomic mass is 19.1. The first kappa shape index (κ1) is 39.1. The molecule has 8 rings (SSSR count). The number of halogens is 1. The minimum Gasteiger partial charge on any atom is -0.486 e. The van der Waals surface area contributed by atoms with Gasteiger partial charge in [-0.05, 0) is 84.8 Å². The molecule has 300 valence electrons. The smallest absolute Gasteiger partial charge is 0.411 e. The van der Waals surface area contributed by atoms with Gasteiger partial charge in [-0.1, -0.05) is 104 Å². The molecule has 0 bridgehead atoms. The van der Waals surface area contributed by atoms with Crippen LogP contribution in [0.25, 0.3) is 33.5 Å². The SMILES string of the molecule is CCc1cc(OCc2ccccc2)c(F)cc1-c1ccc2c(-c3nc4c(n3Cc3ccccc3)C[C@@H](C(=O)OCc3ccccc3)N(C(=O)OC(C)(C)C)C4)n[nH]c2c1. The van der Waals surface area contributed by atoms with Gasteiger partial charge in [-0.25, -0.2) is 19.0 Å². The summed E-state index contributed by atoms with van der Waals surface area (Å²) < 4.78 is 35.2. The summed E-state index contributed by atoms with van der Waals surface area (Å²) in [6.45, 7) is 8.23. The summed E-state index contributed by atoms with van der Waals surface area (Å²) in [6, 6.07) is 37.4. The molecule has 2 aromatic heterocycles. The van der Waals surface area contributed by atoms with Crippen molar-refractivity contribution >= 4 is 23.0 Å². The Bertz CT molecular complexity index is 2600. The number of carbonyl (C=O) groups excluding carboxylic acids is 2. The molecule has 0 unspecified atom stereocenters. The van der Waals surface area contributed by atoms with Crippen LogP contribution in [-0.2, 0) is 53.4 Å². The van der Waals surface area contributed by atoms with Crippen molar-refractivity contribution in [1.82, 2.24) is 24.6 Å². The molecule has 3 heterocycles. The zero-order valence-electron chi connectivity index (χ0n) is 33.6. The number of aromatic nitrogens is 4. The number of nitrogens with one attached hydrogen (secondary N) is 1. The molecule has 59 heavy (non-hydrogen) atoms. The maximum atomic E-state index is 15.6. The van der Waals surface area contributed by atoms with Gasteiger partial charge in [-0.15, -0.1) is 0 Å². The molecule has 0 aliphatic carbocycles. The normalized spacial score (nSPS) is 13.9. The number of hydrogen-bond donors (Lipinski definition) is 1. The van der Waals surface area contributed by atoms with E-state index in [4.69, 9.17) is 24.3 Å². The highest BCUT2D eigenvalue weighted by Gasteiger charge is 2.41. The molecule has 7 aromatic rings. The summed E-state index contributed by atoms with van der Waals surface area (Å²) in [5, 5.41) is 8.81. The van der Waals surface area contributed by atoms with Gasteiger partial charge in [0, 0.05) is 24.0 Å². The summed E-state index contributed by atoms with van der Waals surface area (Å²) in [5.74, 6) is -0.170. The maximum Gasteiger partial charge on any atom is 0.411 e. The van der Waals surface area contributed by atoms with Crippen molar-refractivity contribution < 1.29 is 28.2 Å². The molecular formula is C48H46FN5O5. The Hall–Kier alpha value is -6.75. The van der Waals surface area contributed by atoms with Gasteiger partial charge in [0.1, 0.15) is 30.6 Å². The average molecular weight is 792 g/mol. The Balaban J connectivity index is 1.15. The molecule has 1 atom stereocenters. The number of aryl methyl sites for hydroxylation is 1. The van der Waals surface area contributed by atoms with Gasteiger partial charge in [0.05, 0.1) is 17.8 Å². The van der Waals surface area contributed by atoms with E-state index in [0.29, 0.717) is 30.2 Å². The molecule has 11 heteroatoms. The lowest BCUT2D eigenvalue weighted by atomic mass is 9.96. The van der Waals surface area contributed by atoms with Crippen LogP contribution in [-0.4, -0.2) is 48.4 Å². The Labute approximate surface area is 342 Å². The molecule has 0 fully saturated rings. The average Bonchev–Trinajstić information content (AvgIpc) is 3.82. The number of esters is 1. The lowest BCUT2D eigenvalue weighted by molar-refractivity contribution is -0.152. The zero-order chi connectivity index (χ0) is 41.1. The van der Waals surface area contributed by atoms with Gasteiger partial charge in [0.2, 0.25) is 0 Å². The first-order chi connectivity index (χ1) is 28.5. The highest BCUT2D eigenvalue weighted by molar-refractivity contribution is 5.94. The van der Waals surface area contributed by atoms with E-state index < -0.39 is 29.5 Å². The van der Waals surface area contributed by atoms with Crippen molar-refractivity contribution in [2.75, 3.05) is 0 Å². The largest absolute Gasteiger partial charge is 0.486 e. The van der Waals surface area contributed by atoms with E-state index in [2.05, 4.69) is 9.67 Å². The zero-order valence-corrected chi connectivity index (χ0v) is 33.6. The minimum absolute atomic E-state index is 0.0348. The number of aromatic amines is 1. The van der Waals surface area contributed by atoms with E-state index in [-0.39, 0.29) is 31.9 Å². The van der Waals surface area contributed by atoms with Crippen molar-refractivity contribution in [3.05, 3.63) is 161 Å². The third-order valence-corrected chi connectivity index (χ3v) is 10.4. The third kappa shape index (κ3) is 8.60. The van der Waals surface area contributed by atoms with Crippen molar-refractivity contribution in [2.45, 2.75) is 78.5 Å². The van der Waals surface area contributed by atoms with Gasteiger partial charge < -0.3 is 18.8 Å². The molecular weight excluding hydrogens is 746 g/mol. The van der Waals surface area contributed by atoms with E-state index in [1.165, 1.54) is 11.0 Å². The molecule has 1 amide bonds. The number of amides is 1. The second-order valence-electron chi connectivity index (χ2n) is 15.7. The van der Waals surface area contributed by atoms with Gasteiger partial charge in [0.25, 0.3) is 0 Å². The van der Waals surface area contributed by atoms with Crippen LogP contribution in [0.1, 0.15) is 61.3 Å². The number of carbonyl (C=O) groups is 2. The second-order valence-corrected chi connectivity index (χ2v) is 15.7. The summed E-state index contributed by atoms with van der Waals surface area (Å²) in [6.07, 6.45) is 0.207. The predicted octanol–water partition coefficient (Wildman–Crippen LogP) is 9.83. The van der Waals surface area contributed by atoms with Crippen molar-refractivity contribution in [1.29, 1.82) is 0 Å². The van der Waals surface area contributed by atoms with Crippen LogP contribution in [0.3, 0.4) is 0 Å². The summed E-state index contributed by atoms with van der Waals surface area (Å²) in [5.41, 5.74) is 7.37. The van der Waals surface area contributed by atoms with Crippen LogP contribution in [0.5, 0.6) is 5.75 Å². The number of ether oxygens (including phenoxy) is 3. The number of rotatable bonds is 11. The summed E-state index contributed by atoms with van der Waals surface area (Å²) in [4.78, 5) is 34.2. The fourth-order valence-electron chi connectivity index (χ4n) is 7.48. The first-order valence-electron chi connectivity index (χ1n) is 19.8. The first-order valence-corrected chi connectivity index (χ1v) is 19.8. The summed E-state index contributed by atoms with van der Waals surface area (Å²) in [7, 11) is 0. The Morgan fingerprint density at radius 2 is 1.51 bits per heavy atom. The lowest BCUT2D eigenvalue weighted by Crippen LogP contribution is -2.51. The van der Waals surface area contributed by atoms with E-state index in [1.807, 2.05) is 116 Å². The number of H-pyrrole nitrogens is 1. The van der Waals surface area contributed by atoms with E-state index in [0.717, 1.165) is 50.0 Å². The predicted molar refractivity (Wildman–Crippen MR) is 224 cm³/mol. The Kier molecular flexibility index (Phi) is 11.0. The van der Waals surface area contributed by atoms with Gasteiger partial charge in [0.15, 0.2) is 17.4 Å². The van der Waals surface area contributed by atoms with Crippen molar-refractivity contribution in [2.24, 2.45) is 0 Å². The van der Waals surface area contributed by atoms with Crippen LogP contribution in [0.4, 0.5) is 9.18 Å². The van der Waals surface area contributed by atoms with Crippen LogP contribution >= 0.6 is 0 Å². The lowest BCUT2D eigenvalue weighted by Gasteiger charge is -2.35. The number of hydrogen-bond acceptors (Lipinski definition) is 7. The van der Waals surface area contributed by atoms with Crippen LogP contribution < -0.4 is 4.74 Å². The summed E-state index contributed by atoms with van der Waals surface area (Å²) >= 11 is 0. The van der Waals surface area contributed by atoms with Crippen molar-refractivity contribution in [3.8, 4) is 28.4 Å². The van der Waals surface area contributed by atoms with Crippen LogP contribution in [0.15, 0.2) is 121 Å². The third-order valence-electron chi connectivity index (χ3n) is 10.4. The molecule has 10 nitrogen and oxygen atoms in total. The maximum absolute atomic E-state index is 15.6. The fourth-order valence-corrected chi connectivity index (χ4v) is 7.48. The number of fused-ring (bicyclic) bond motifs is 2. The quantitative estimate of drug-likeness (QED) is 0.130. The minimum atomic E-state index is -0.957. The van der Waals surface area contributed by atoms with E-state index >= 15 is 4.39 Å². The van der Waals surface area contributed by atoms with Gasteiger partial charge in [-0.2, -0.15) is 5.10 Å². The number of benzene rings is 5. The molecule has 0 spiro atoms. The van der Waals surface area contributed by atoms with Crippen LogP contribution in [0, 0.1) is 5.82 Å². The van der Waals surface area contributed by atoms with Crippen molar-refractivity contribution in [3.63, 3.8) is 0 Å². The molecule has 0 saturated heterocycles. The molecule has 0 saturated carbocycles. The molecule has 1 aliphatic rings. The standard InChI is InChI=1S/C48H46FN5O5/c1-5-34-24-43(57-29-32-17-11-7-12-18-32)38(49)25-37(34)35-21-22-36-39(23-35)51-52-44(36)45-50-40-28-54(47(56)59-48(2,3)4)42(46(55)58-30-33-19-13-8-14-20-33)26-41(40)53(45)27-31-15-9-6-10-16-31/h6-25,42H,5,26-30H2,1-4H3,(H,51,52)/t42-/m0/s1. The van der Waals surface area contributed by atoms with Gasteiger partial charge >= 0.3 is 12.1 Å². The van der Waals surface area contributed by atoms with E-state index in [1.54, 1.807) is 26.8 Å². The van der Waals surface area contributed by atoms with E-state index in [9.17, 15) is 9.59 Å². The van der Waals surface area contributed by atoms with Crippen LogP contribution in [0.2, 0.25) is 0 Å². The highest BCUT2D eigenvalue weighted by Crippen LogP contribution is 2.37. The number of imidazole rings is 1. The molecule has 0 radical (unpaired) electrons. The molecule has 1 aliphatic heterocycles. The molecule has 5 aromatic carbocycles. The Morgan fingerprint density at radius 3 is 2.17 bits per heavy atom. The van der Waals surface area contributed by atoms with Gasteiger partial charge in [-0.3, -0.25) is 10.00 Å². The topological polar surface area (TPSA) is 112 Å². The molecule has 1 N–H and O–H groups in total. The second kappa shape index (κ2) is 16.6. The fraction of sp³-hybridized carbons (Fsp3) is 0.250. The Morgan fingerprint density at radius 1 is 0.847 bits per heavy atom. The number of nitrogens with zero attached hydrogens (tertiary/aromatic N) is 4. The monoisotopic (exact) mass is 791 g/mol.